The highest BCUT2D eigenvalue weighted by Gasteiger charge is 2.02. The van der Waals surface area contributed by atoms with Gasteiger partial charge >= 0.3 is 6.09 Å². The van der Waals surface area contributed by atoms with Crippen molar-refractivity contribution < 1.29 is 14.3 Å². The molecule has 0 bridgehead atoms. The van der Waals surface area contributed by atoms with Crippen LogP contribution in [0.3, 0.4) is 0 Å². The molecule has 1 amide bonds. The molecule has 0 heterocycles. The lowest BCUT2D eigenvalue weighted by molar-refractivity contribution is 0.138. The first-order valence-corrected chi connectivity index (χ1v) is 6.90. The summed E-state index contributed by atoms with van der Waals surface area (Å²) in [6.45, 7) is 0.509. The lowest BCUT2D eigenvalue weighted by Crippen LogP contribution is -2.17. The number of hydrogen-bond acceptors (Lipinski definition) is 3. The Hall–Kier alpha value is -2.01. The van der Waals surface area contributed by atoms with Crippen molar-refractivity contribution in [3.8, 4) is 5.75 Å². The average Bonchev–Trinajstić information content (AvgIpc) is 2.47. The lowest BCUT2D eigenvalue weighted by atomic mass is 10.3. The Morgan fingerprint density at radius 2 is 1.70 bits per heavy atom. The van der Waals surface area contributed by atoms with Crippen LogP contribution in [0.2, 0.25) is 0 Å². The van der Waals surface area contributed by atoms with Crippen molar-refractivity contribution in [1.29, 1.82) is 0 Å². The largest absolute Gasteiger partial charge is 0.490 e. The van der Waals surface area contributed by atoms with E-state index in [0.717, 1.165) is 10.2 Å². The maximum atomic E-state index is 11.5. The second-order valence-corrected chi connectivity index (χ2v) is 4.85. The minimum atomic E-state index is -0.496. The van der Waals surface area contributed by atoms with Gasteiger partial charge in [0.25, 0.3) is 0 Å². The summed E-state index contributed by atoms with van der Waals surface area (Å²) in [6, 6.07) is 16.6. The summed E-state index contributed by atoms with van der Waals surface area (Å²) in [7, 11) is 0. The van der Waals surface area contributed by atoms with E-state index < -0.39 is 6.09 Å². The highest BCUT2D eigenvalue weighted by Crippen LogP contribution is 2.14. The molecule has 0 aliphatic carbocycles. The number of carbonyl (C=O) groups excluding carboxylic acids is 1. The predicted molar refractivity (Wildman–Crippen MR) is 81.0 cm³/mol. The topological polar surface area (TPSA) is 47.6 Å². The van der Waals surface area contributed by atoms with Crippen molar-refractivity contribution >= 4 is 27.7 Å². The molecular weight excluding hydrogens is 322 g/mol. The maximum Gasteiger partial charge on any atom is 0.411 e. The maximum absolute atomic E-state index is 11.5. The van der Waals surface area contributed by atoms with E-state index in [-0.39, 0.29) is 6.61 Å². The van der Waals surface area contributed by atoms with E-state index in [4.69, 9.17) is 9.47 Å². The molecule has 0 saturated heterocycles. The Bertz CT molecular complexity index is 543. The summed E-state index contributed by atoms with van der Waals surface area (Å²) < 4.78 is 11.4. The zero-order valence-electron chi connectivity index (χ0n) is 10.7. The van der Waals surface area contributed by atoms with Gasteiger partial charge in [0.15, 0.2) is 0 Å². The standard InChI is InChI=1S/C15H14BrNO3/c16-12-6-8-13(9-7-12)17-15(18)20-11-10-19-14-4-2-1-3-5-14/h1-9H,10-11H2,(H,17,18). The predicted octanol–water partition coefficient (Wildman–Crippen LogP) is 4.08. The summed E-state index contributed by atoms with van der Waals surface area (Å²) in [5.74, 6) is 0.754. The van der Waals surface area contributed by atoms with Gasteiger partial charge in [-0.3, -0.25) is 5.32 Å². The van der Waals surface area contributed by atoms with Gasteiger partial charge in [-0.25, -0.2) is 4.79 Å². The van der Waals surface area contributed by atoms with E-state index >= 15 is 0 Å². The van der Waals surface area contributed by atoms with E-state index in [1.807, 2.05) is 42.5 Å². The Morgan fingerprint density at radius 3 is 2.40 bits per heavy atom. The van der Waals surface area contributed by atoms with Gasteiger partial charge in [0.05, 0.1) is 0 Å². The number of para-hydroxylation sites is 1. The zero-order valence-corrected chi connectivity index (χ0v) is 12.3. The third-order valence-electron chi connectivity index (χ3n) is 2.42. The fourth-order valence-electron chi connectivity index (χ4n) is 1.50. The van der Waals surface area contributed by atoms with Crippen molar-refractivity contribution in [3.05, 3.63) is 59.1 Å². The molecule has 0 fully saturated rings. The van der Waals surface area contributed by atoms with Crippen LogP contribution in [0.5, 0.6) is 5.75 Å². The Balaban J connectivity index is 1.66. The zero-order chi connectivity index (χ0) is 14.2. The van der Waals surface area contributed by atoms with Gasteiger partial charge < -0.3 is 9.47 Å². The van der Waals surface area contributed by atoms with Crippen LogP contribution in [0.4, 0.5) is 10.5 Å². The summed E-state index contributed by atoms with van der Waals surface area (Å²) in [5.41, 5.74) is 0.683. The first-order valence-electron chi connectivity index (χ1n) is 6.11. The van der Waals surface area contributed by atoms with Gasteiger partial charge in [-0.05, 0) is 36.4 Å². The molecule has 0 atom stereocenters. The molecule has 0 spiro atoms. The number of hydrogen-bond donors (Lipinski definition) is 1. The Kier molecular flexibility index (Phi) is 5.43. The first-order chi connectivity index (χ1) is 9.74. The van der Waals surface area contributed by atoms with Gasteiger partial charge in [-0.1, -0.05) is 34.1 Å². The van der Waals surface area contributed by atoms with Crippen molar-refractivity contribution in [1.82, 2.24) is 0 Å². The van der Waals surface area contributed by atoms with Gasteiger partial charge in [-0.2, -0.15) is 0 Å². The molecule has 104 valence electrons. The van der Waals surface area contributed by atoms with E-state index in [0.29, 0.717) is 12.3 Å². The number of carbonyl (C=O) groups is 1. The molecule has 0 saturated carbocycles. The molecule has 0 radical (unpaired) electrons. The molecule has 4 nitrogen and oxygen atoms in total. The van der Waals surface area contributed by atoms with Crippen LogP contribution >= 0.6 is 15.9 Å². The molecular formula is C15H14BrNO3. The van der Waals surface area contributed by atoms with Crippen LogP contribution in [0.25, 0.3) is 0 Å². The molecule has 1 N–H and O–H groups in total. The van der Waals surface area contributed by atoms with Crippen molar-refractivity contribution in [2.75, 3.05) is 18.5 Å². The minimum absolute atomic E-state index is 0.192. The second kappa shape index (κ2) is 7.55. The number of anilines is 1. The van der Waals surface area contributed by atoms with Crippen LogP contribution in [-0.2, 0) is 4.74 Å². The van der Waals surface area contributed by atoms with Crippen LogP contribution < -0.4 is 10.1 Å². The average molecular weight is 336 g/mol. The highest BCUT2D eigenvalue weighted by atomic mass is 79.9. The summed E-state index contributed by atoms with van der Waals surface area (Å²) in [5, 5.41) is 2.63. The number of nitrogens with one attached hydrogen (secondary N) is 1. The normalized spacial score (nSPS) is 9.85. The fourth-order valence-corrected chi connectivity index (χ4v) is 1.76. The molecule has 2 rings (SSSR count). The SMILES string of the molecule is O=C(Nc1ccc(Br)cc1)OCCOc1ccccc1. The number of halogens is 1. The van der Waals surface area contributed by atoms with Crippen molar-refractivity contribution in [2.45, 2.75) is 0 Å². The van der Waals surface area contributed by atoms with E-state index in [1.165, 1.54) is 0 Å². The molecule has 2 aromatic rings. The molecule has 0 aromatic heterocycles. The molecule has 5 heteroatoms. The Labute approximate surface area is 125 Å². The Morgan fingerprint density at radius 1 is 1.00 bits per heavy atom. The number of benzene rings is 2. The molecule has 2 aromatic carbocycles. The van der Waals surface area contributed by atoms with Crippen LogP contribution in [0.15, 0.2) is 59.1 Å². The number of rotatable bonds is 5. The van der Waals surface area contributed by atoms with Crippen LogP contribution in [-0.4, -0.2) is 19.3 Å². The van der Waals surface area contributed by atoms with Crippen LogP contribution in [0, 0.1) is 0 Å². The number of ether oxygens (including phenoxy) is 2. The van der Waals surface area contributed by atoms with Crippen molar-refractivity contribution in [3.63, 3.8) is 0 Å². The van der Waals surface area contributed by atoms with Gasteiger partial charge in [-0.15, -0.1) is 0 Å². The third kappa shape index (κ3) is 4.93. The first kappa shape index (κ1) is 14.4. The third-order valence-corrected chi connectivity index (χ3v) is 2.95. The second-order valence-electron chi connectivity index (χ2n) is 3.93. The number of amides is 1. The van der Waals surface area contributed by atoms with Crippen LogP contribution in [0.1, 0.15) is 0 Å². The molecule has 0 aliphatic rings. The smallest absolute Gasteiger partial charge is 0.411 e. The van der Waals surface area contributed by atoms with Gasteiger partial charge in [0.1, 0.15) is 19.0 Å². The van der Waals surface area contributed by atoms with Gasteiger partial charge in [0.2, 0.25) is 0 Å². The lowest BCUT2D eigenvalue weighted by Gasteiger charge is -2.08. The van der Waals surface area contributed by atoms with E-state index in [2.05, 4.69) is 21.2 Å². The molecule has 0 aliphatic heterocycles. The highest BCUT2D eigenvalue weighted by molar-refractivity contribution is 9.10. The summed E-state index contributed by atoms with van der Waals surface area (Å²) >= 11 is 3.32. The molecule has 0 unspecified atom stereocenters. The summed E-state index contributed by atoms with van der Waals surface area (Å²) in [4.78, 5) is 11.5. The minimum Gasteiger partial charge on any atom is -0.490 e. The quantitative estimate of drug-likeness (QED) is 0.837. The molecule has 20 heavy (non-hydrogen) atoms. The summed E-state index contributed by atoms with van der Waals surface area (Å²) in [6.07, 6.45) is -0.496. The monoisotopic (exact) mass is 335 g/mol. The van der Waals surface area contributed by atoms with Crippen molar-refractivity contribution in [2.24, 2.45) is 0 Å². The van der Waals surface area contributed by atoms with E-state index in [1.54, 1.807) is 12.1 Å². The van der Waals surface area contributed by atoms with Gasteiger partial charge in [0, 0.05) is 10.2 Å². The fraction of sp³-hybridized carbons (Fsp3) is 0.133. The van der Waals surface area contributed by atoms with E-state index in [9.17, 15) is 4.79 Å².